The summed E-state index contributed by atoms with van der Waals surface area (Å²) in [4.78, 5) is 4.42. The highest BCUT2D eigenvalue weighted by Gasteiger charge is 2.28. The Morgan fingerprint density at radius 2 is 2.30 bits per heavy atom. The van der Waals surface area contributed by atoms with Crippen LogP contribution in [0.4, 0.5) is 0 Å². The lowest BCUT2D eigenvalue weighted by Gasteiger charge is -2.35. The number of hydrogen-bond donors (Lipinski definition) is 1. The number of ether oxygens (including phenoxy) is 3. The highest BCUT2D eigenvalue weighted by Crippen LogP contribution is 2.18. The molecule has 2 unspecified atom stereocenters. The molecule has 1 aliphatic rings. The van der Waals surface area contributed by atoms with Gasteiger partial charge in [0.05, 0.1) is 37.7 Å². The van der Waals surface area contributed by atoms with E-state index in [-0.39, 0.29) is 17.7 Å². The molecule has 1 fully saturated rings. The van der Waals surface area contributed by atoms with E-state index in [2.05, 4.69) is 17.2 Å². The summed E-state index contributed by atoms with van der Waals surface area (Å²) in [6.45, 7) is 8.16. The Kier molecular flexibility index (Phi) is 4.96. The summed E-state index contributed by atoms with van der Waals surface area (Å²) in [5.74, 6) is 0.634. The second kappa shape index (κ2) is 6.52. The predicted molar refractivity (Wildman–Crippen MR) is 77.0 cm³/mol. The first-order chi connectivity index (χ1) is 9.50. The molecule has 0 amide bonds. The summed E-state index contributed by atoms with van der Waals surface area (Å²) in [7, 11) is 1.62. The van der Waals surface area contributed by atoms with Gasteiger partial charge in [0.25, 0.3) is 0 Å². The van der Waals surface area contributed by atoms with Crippen molar-refractivity contribution in [2.24, 2.45) is 0 Å². The van der Waals surface area contributed by atoms with E-state index in [0.717, 1.165) is 12.2 Å². The van der Waals surface area contributed by atoms with Crippen LogP contribution in [-0.4, -0.2) is 43.6 Å². The van der Waals surface area contributed by atoms with Crippen LogP contribution in [0.2, 0.25) is 0 Å². The van der Waals surface area contributed by atoms with Gasteiger partial charge in [-0.1, -0.05) is 6.07 Å². The zero-order valence-electron chi connectivity index (χ0n) is 12.7. The molecule has 1 N–H and O–H groups in total. The smallest absolute Gasteiger partial charge is 0.213 e. The van der Waals surface area contributed by atoms with Gasteiger partial charge in [-0.25, -0.2) is 4.98 Å². The van der Waals surface area contributed by atoms with Gasteiger partial charge in [-0.3, -0.25) is 0 Å². The first-order valence-corrected chi connectivity index (χ1v) is 7.00. The minimum Gasteiger partial charge on any atom is -0.481 e. The number of aromatic nitrogens is 1. The van der Waals surface area contributed by atoms with E-state index in [0.29, 0.717) is 19.1 Å². The number of rotatable bonds is 5. The van der Waals surface area contributed by atoms with Crippen LogP contribution in [-0.2, 0) is 9.47 Å². The maximum Gasteiger partial charge on any atom is 0.213 e. The van der Waals surface area contributed by atoms with Gasteiger partial charge in [0.15, 0.2) is 0 Å². The fraction of sp³-hybridized carbons (Fsp3) is 0.667. The van der Waals surface area contributed by atoms with Crippen LogP contribution in [0.3, 0.4) is 0 Å². The van der Waals surface area contributed by atoms with Gasteiger partial charge in [0.1, 0.15) is 0 Å². The molecule has 2 heterocycles. The quantitative estimate of drug-likeness (QED) is 0.893. The van der Waals surface area contributed by atoms with Gasteiger partial charge in [0, 0.05) is 18.7 Å². The summed E-state index contributed by atoms with van der Waals surface area (Å²) in [5, 5.41) is 3.42. The predicted octanol–water partition coefficient (Wildman–Crippen LogP) is 1.93. The third-order valence-corrected chi connectivity index (χ3v) is 3.38. The molecule has 0 saturated carbocycles. The Morgan fingerprint density at radius 3 is 2.95 bits per heavy atom. The fourth-order valence-corrected chi connectivity index (χ4v) is 2.04. The van der Waals surface area contributed by atoms with Crippen LogP contribution in [0, 0.1) is 0 Å². The molecule has 0 aromatic carbocycles. The molecule has 2 rings (SSSR count). The largest absolute Gasteiger partial charge is 0.481 e. The summed E-state index contributed by atoms with van der Waals surface area (Å²) in [5.41, 5.74) is 0.789. The summed E-state index contributed by atoms with van der Waals surface area (Å²) in [6, 6.07) is 5.92. The molecule has 112 valence electrons. The van der Waals surface area contributed by atoms with Gasteiger partial charge in [-0.2, -0.15) is 0 Å². The minimum atomic E-state index is -0.170. The molecule has 0 radical (unpaired) electrons. The maximum absolute atomic E-state index is 5.79. The first kappa shape index (κ1) is 15.2. The summed E-state index contributed by atoms with van der Waals surface area (Å²) in [6.07, 6.45) is 0.0936. The first-order valence-electron chi connectivity index (χ1n) is 7.00. The molecule has 0 aliphatic carbocycles. The van der Waals surface area contributed by atoms with Crippen LogP contribution in [0.15, 0.2) is 18.2 Å². The second-order valence-electron chi connectivity index (χ2n) is 5.74. The number of methoxy groups -OCH3 is 1. The Morgan fingerprint density at radius 1 is 1.50 bits per heavy atom. The van der Waals surface area contributed by atoms with Crippen molar-refractivity contribution in [2.45, 2.75) is 38.5 Å². The number of nitrogens with zero attached hydrogens (tertiary/aromatic N) is 1. The van der Waals surface area contributed by atoms with Gasteiger partial charge in [0.2, 0.25) is 5.88 Å². The molecule has 0 spiro atoms. The Balaban J connectivity index is 1.81. The molecule has 20 heavy (non-hydrogen) atoms. The van der Waals surface area contributed by atoms with Crippen molar-refractivity contribution in [1.82, 2.24) is 10.3 Å². The molecule has 5 heteroatoms. The van der Waals surface area contributed by atoms with Crippen molar-refractivity contribution in [3.8, 4) is 5.88 Å². The van der Waals surface area contributed by atoms with Gasteiger partial charge < -0.3 is 19.5 Å². The normalized spacial score (nSPS) is 23.3. The summed E-state index contributed by atoms with van der Waals surface area (Å²) >= 11 is 0. The molecule has 5 nitrogen and oxygen atoms in total. The van der Waals surface area contributed by atoms with E-state index >= 15 is 0 Å². The highest BCUT2D eigenvalue weighted by molar-refractivity contribution is 5.17. The van der Waals surface area contributed by atoms with E-state index in [9.17, 15) is 0 Å². The van der Waals surface area contributed by atoms with E-state index in [1.54, 1.807) is 7.11 Å². The third-order valence-electron chi connectivity index (χ3n) is 3.38. The van der Waals surface area contributed by atoms with E-state index in [4.69, 9.17) is 14.2 Å². The van der Waals surface area contributed by atoms with E-state index in [1.165, 1.54) is 0 Å². The zero-order valence-corrected chi connectivity index (χ0v) is 12.7. The Bertz CT molecular complexity index is 427. The highest BCUT2D eigenvalue weighted by atomic mass is 16.6. The van der Waals surface area contributed by atoms with Gasteiger partial charge in [-0.05, 0) is 26.8 Å². The van der Waals surface area contributed by atoms with Crippen LogP contribution >= 0.6 is 0 Å². The van der Waals surface area contributed by atoms with Gasteiger partial charge >= 0.3 is 0 Å². The van der Waals surface area contributed by atoms with E-state index in [1.807, 2.05) is 32.0 Å². The number of pyridine rings is 1. The number of nitrogens with one attached hydrogen (secondary N) is 1. The Hall–Kier alpha value is -1.17. The molecule has 1 aromatic heterocycles. The van der Waals surface area contributed by atoms with Crippen LogP contribution in [0.25, 0.3) is 0 Å². The SMILES string of the molecule is COc1cccc(C(C)NCC2COC(C)(C)CO2)n1. The van der Waals surface area contributed by atoms with Crippen LogP contribution in [0.1, 0.15) is 32.5 Å². The third kappa shape index (κ3) is 4.16. The zero-order chi connectivity index (χ0) is 14.6. The standard InChI is InChI=1S/C15H24N2O3/c1-11(13-6-5-7-14(17-13)18-4)16-8-12-9-20-15(2,3)10-19-12/h5-7,11-12,16H,8-10H2,1-4H3. The molecule has 1 aliphatic heterocycles. The molecule has 2 atom stereocenters. The minimum absolute atomic E-state index is 0.0936. The van der Waals surface area contributed by atoms with Crippen molar-refractivity contribution in [2.75, 3.05) is 26.9 Å². The topological polar surface area (TPSA) is 52.6 Å². The molecule has 1 saturated heterocycles. The average Bonchev–Trinajstić information content (AvgIpc) is 2.46. The summed E-state index contributed by atoms with van der Waals surface area (Å²) < 4.78 is 16.7. The van der Waals surface area contributed by atoms with Crippen molar-refractivity contribution < 1.29 is 14.2 Å². The van der Waals surface area contributed by atoms with Crippen molar-refractivity contribution in [1.29, 1.82) is 0 Å². The maximum atomic E-state index is 5.79. The Labute approximate surface area is 120 Å². The molecule has 0 bridgehead atoms. The second-order valence-corrected chi connectivity index (χ2v) is 5.74. The monoisotopic (exact) mass is 280 g/mol. The lowest BCUT2D eigenvalue weighted by Crippen LogP contribution is -2.46. The van der Waals surface area contributed by atoms with Crippen molar-refractivity contribution in [3.63, 3.8) is 0 Å². The average molecular weight is 280 g/mol. The molecular weight excluding hydrogens is 256 g/mol. The molecular formula is C15H24N2O3. The molecule has 1 aromatic rings. The fourth-order valence-electron chi connectivity index (χ4n) is 2.04. The lowest BCUT2D eigenvalue weighted by atomic mass is 10.1. The number of hydrogen-bond acceptors (Lipinski definition) is 5. The van der Waals surface area contributed by atoms with Crippen LogP contribution < -0.4 is 10.1 Å². The van der Waals surface area contributed by atoms with Crippen LogP contribution in [0.5, 0.6) is 5.88 Å². The van der Waals surface area contributed by atoms with Crippen molar-refractivity contribution in [3.05, 3.63) is 23.9 Å². The van der Waals surface area contributed by atoms with Crippen molar-refractivity contribution >= 4 is 0 Å². The lowest BCUT2D eigenvalue weighted by molar-refractivity contribution is -0.173. The van der Waals surface area contributed by atoms with E-state index < -0.39 is 0 Å². The van der Waals surface area contributed by atoms with Gasteiger partial charge in [-0.15, -0.1) is 0 Å².